The third kappa shape index (κ3) is 2.44. The molecule has 0 amide bonds. The molecule has 2 rings (SSSR count). The normalized spacial score (nSPS) is 25.9. The summed E-state index contributed by atoms with van der Waals surface area (Å²) in [5, 5.41) is 3.21. The zero-order chi connectivity index (χ0) is 9.26. The Morgan fingerprint density at radius 3 is 2.86 bits per heavy atom. The standard InChI is InChI=1S/C10H12FNO.ClH/c1-7-6-13-10(12-7)8-3-2-4-9(11)5-8;/h2-5,7,10,12H,6H2,1H3;1H. The molecule has 2 nitrogen and oxygen atoms in total. The van der Waals surface area contributed by atoms with Crippen LogP contribution in [0.3, 0.4) is 0 Å². The Morgan fingerprint density at radius 1 is 1.50 bits per heavy atom. The Bertz CT molecular complexity index is 308. The van der Waals surface area contributed by atoms with Gasteiger partial charge in [-0.3, -0.25) is 5.32 Å². The molecule has 0 radical (unpaired) electrons. The molecular formula is C10H13ClFNO. The molecule has 1 aliphatic rings. The molecule has 0 saturated carbocycles. The number of hydrogen-bond acceptors (Lipinski definition) is 2. The van der Waals surface area contributed by atoms with Gasteiger partial charge in [-0.05, 0) is 24.6 Å². The smallest absolute Gasteiger partial charge is 0.134 e. The van der Waals surface area contributed by atoms with Crippen LogP contribution >= 0.6 is 12.4 Å². The van der Waals surface area contributed by atoms with E-state index in [9.17, 15) is 4.39 Å². The van der Waals surface area contributed by atoms with Gasteiger partial charge in [0.05, 0.1) is 6.61 Å². The van der Waals surface area contributed by atoms with Crippen molar-refractivity contribution in [2.75, 3.05) is 6.61 Å². The average molecular weight is 218 g/mol. The zero-order valence-electron chi connectivity index (χ0n) is 7.87. The van der Waals surface area contributed by atoms with E-state index in [0.29, 0.717) is 12.6 Å². The molecule has 78 valence electrons. The summed E-state index contributed by atoms with van der Waals surface area (Å²) >= 11 is 0. The number of hydrogen-bond donors (Lipinski definition) is 1. The van der Waals surface area contributed by atoms with Gasteiger partial charge in [-0.15, -0.1) is 12.4 Å². The van der Waals surface area contributed by atoms with E-state index < -0.39 is 0 Å². The van der Waals surface area contributed by atoms with Crippen LogP contribution < -0.4 is 5.32 Å². The number of nitrogens with one attached hydrogen (secondary N) is 1. The second kappa shape index (κ2) is 4.73. The summed E-state index contributed by atoms with van der Waals surface area (Å²) in [4.78, 5) is 0. The maximum Gasteiger partial charge on any atom is 0.134 e. The lowest BCUT2D eigenvalue weighted by Gasteiger charge is -2.10. The maximum atomic E-state index is 12.8. The second-order valence-electron chi connectivity index (χ2n) is 3.34. The van der Waals surface area contributed by atoms with Crippen molar-refractivity contribution in [3.05, 3.63) is 35.6 Å². The Morgan fingerprint density at radius 2 is 2.29 bits per heavy atom. The van der Waals surface area contributed by atoms with E-state index in [1.54, 1.807) is 6.07 Å². The molecule has 1 aromatic carbocycles. The summed E-state index contributed by atoms with van der Waals surface area (Å²) in [6, 6.07) is 6.82. The van der Waals surface area contributed by atoms with Gasteiger partial charge >= 0.3 is 0 Å². The monoisotopic (exact) mass is 217 g/mol. The fourth-order valence-electron chi connectivity index (χ4n) is 1.46. The van der Waals surface area contributed by atoms with Crippen LogP contribution in [0, 0.1) is 5.82 Å². The number of rotatable bonds is 1. The first-order valence-electron chi connectivity index (χ1n) is 4.39. The first kappa shape index (κ1) is 11.4. The summed E-state index contributed by atoms with van der Waals surface area (Å²) in [6.45, 7) is 2.72. The topological polar surface area (TPSA) is 21.3 Å². The molecule has 1 N–H and O–H groups in total. The first-order chi connectivity index (χ1) is 6.25. The average Bonchev–Trinajstić information content (AvgIpc) is 2.52. The number of ether oxygens (including phenoxy) is 1. The highest BCUT2D eigenvalue weighted by Gasteiger charge is 2.22. The van der Waals surface area contributed by atoms with Crippen LogP contribution in [0.4, 0.5) is 4.39 Å². The number of benzene rings is 1. The molecular weight excluding hydrogens is 205 g/mol. The van der Waals surface area contributed by atoms with Crippen molar-refractivity contribution in [1.29, 1.82) is 0 Å². The van der Waals surface area contributed by atoms with Crippen molar-refractivity contribution >= 4 is 12.4 Å². The van der Waals surface area contributed by atoms with Gasteiger partial charge in [-0.2, -0.15) is 0 Å². The van der Waals surface area contributed by atoms with Crippen LogP contribution in [-0.2, 0) is 4.74 Å². The molecule has 1 fully saturated rings. The summed E-state index contributed by atoms with van der Waals surface area (Å²) in [5.41, 5.74) is 0.851. The van der Waals surface area contributed by atoms with E-state index in [1.165, 1.54) is 12.1 Å². The Kier molecular flexibility index (Phi) is 3.86. The van der Waals surface area contributed by atoms with Gasteiger partial charge < -0.3 is 4.74 Å². The molecule has 0 spiro atoms. The van der Waals surface area contributed by atoms with Crippen LogP contribution in [-0.4, -0.2) is 12.6 Å². The lowest BCUT2D eigenvalue weighted by molar-refractivity contribution is 0.101. The Balaban J connectivity index is 0.000000980. The van der Waals surface area contributed by atoms with Crippen molar-refractivity contribution in [2.24, 2.45) is 0 Å². The zero-order valence-corrected chi connectivity index (χ0v) is 8.68. The summed E-state index contributed by atoms with van der Waals surface area (Å²) in [7, 11) is 0. The predicted octanol–water partition coefficient (Wildman–Crippen LogP) is 2.25. The van der Waals surface area contributed by atoms with Gasteiger partial charge in [0, 0.05) is 6.04 Å². The maximum absolute atomic E-state index is 12.8. The molecule has 4 heteroatoms. The Hall–Kier alpha value is -0.640. The van der Waals surface area contributed by atoms with Crippen LogP contribution in [0.25, 0.3) is 0 Å². The van der Waals surface area contributed by atoms with Gasteiger partial charge in [0.15, 0.2) is 0 Å². The molecule has 1 aromatic rings. The minimum Gasteiger partial charge on any atom is -0.357 e. The lowest BCUT2D eigenvalue weighted by atomic mass is 10.2. The molecule has 0 bridgehead atoms. The van der Waals surface area contributed by atoms with Crippen LogP contribution in [0.2, 0.25) is 0 Å². The third-order valence-electron chi connectivity index (χ3n) is 2.10. The van der Waals surface area contributed by atoms with Crippen LogP contribution in [0.1, 0.15) is 18.7 Å². The van der Waals surface area contributed by atoms with E-state index in [-0.39, 0.29) is 24.5 Å². The SMILES string of the molecule is CC1COC(c2cccc(F)c2)N1.Cl. The largest absolute Gasteiger partial charge is 0.357 e. The van der Waals surface area contributed by atoms with Crippen molar-refractivity contribution in [3.63, 3.8) is 0 Å². The summed E-state index contributed by atoms with van der Waals surface area (Å²) in [6.07, 6.45) is -0.148. The van der Waals surface area contributed by atoms with E-state index in [2.05, 4.69) is 5.32 Å². The highest BCUT2D eigenvalue weighted by atomic mass is 35.5. The third-order valence-corrected chi connectivity index (χ3v) is 2.10. The molecule has 14 heavy (non-hydrogen) atoms. The highest BCUT2D eigenvalue weighted by molar-refractivity contribution is 5.85. The van der Waals surface area contributed by atoms with Crippen molar-refractivity contribution in [3.8, 4) is 0 Å². The van der Waals surface area contributed by atoms with Crippen molar-refractivity contribution < 1.29 is 9.13 Å². The van der Waals surface area contributed by atoms with Gasteiger partial charge in [0.2, 0.25) is 0 Å². The minimum atomic E-state index is -0.220. The van der Waals surface area contributed by atoms with Gasteiger partial charge in [-0.1, -0.05) is 12.1 Å². The molecule has 0 aliphatic carbocycles. The minimum absolute atomic E-state index is 0. The van der Waals surface area contributed by atoms with Gasteiger partial charge in [0.1, 0.15) is 12.0 Å². The highest BCUT2D eigenvalue weighted by Crippen LogP contribution is 2.20. The van der Waals surface area contributed by atoms with E-state index in [4.69, 9.17) is 4.74 Å². The van der Waals surface area contributed by atoms with Crippen LogP contribution in [0.5, 0.6) is 0 Å². The lowest BCUT2D eigenvalue weighted by Crippen LogP contribution is -2.22. The molecule has 1 aliphatic heterocycles. The molecule has 2 unspecified atom stereocenters. The fraction of sp³-hybridized carbons (Fsp3) is 0.400. The molecule has 1 saturated heterocycles. The predicted molar refractivity (Wildman–Crippen MR) is 54.9 cm³/mol. The Labute approximate surface area is 88.9 Å². The number of halogens is 2. The summed E-state index contributed by atoms with van der Waals surface area (Å²) < 4.78 is 18.3. The van der Waals surface area contributed by atoms with E-state index in [1.807, 2.05) is 13.0 Å². The molecule has 2 atom stereocenters. The summed E-state index contributed by atoms with van der Waals surface area (Å²) in [5.74, 6) is -0.220. The first-order valence-corrected chi connectivity index (χ1v) is 4.39. The molecule has 1 heterocycles. The fourth-order valence-corrected chi connectivity index (χ4v) is 1.46. The molecule has 0 aromatic heterocycles. The van der Waals surface area contributed by atoms with Gasteiger partial charge in [0.25, 0.3) is 0 Å². The van der Waals surface area contributed by atoms with Crippen LogP contribution in [0.15, 0.2) is 24.3 Å². The quantitative estimate of drug-likeness (QED) is 0.779. The van der Waals surface area contributed by atoms with Crippen molar-refractivity contribution in [1.82, 2.24) is 5.32 Å². The van der Waals surface area contributed by atoms with Gasteiger partial charge in [-0.25, -0.2) is 4.39 Å². The van der Waals surface area contributed by atoms with Crippen molar-refractivity contribution in [2.45, 2.75) is 19.2 Å². The van der Waals surface area contributed by atoms with E-state index >= 15 is 0 Å². The second-order valence-corrected chi connectivity index (χ2v) is 3.34. The van der Waals surface area contributed by atoms with E-state index in [0.717, 1.165) is 5.56 Å².